The fourth-order valence-corrected chi connectivity index (χ4v) is 1.88. The molecule has 1 unspecified atom stereocenters. The molecule has 1 amide bonds. The van der Waals surface area contributed by atoms with Crippen LogP contribution in [-0.2, 0) is 4.79 Å². The van der Waals surface area contributed by atoms with Crippen LogP contribution in [0.25, 0.3) is 0 Å². The number of nitrogens with one attached hydrogen (secondary N) is 1. The average molecular weight is 250 g/mol. The zero-order valence-corrected chi connectivity index (χ0v) is 10.3. The molecule has 0 saturated carbocycles. The van der Waals surface area contributed by atoms with Crippen molar-refractivity contribution in [2.24, 2.45) is 0 Å². The number of carbonyl (C=O) groups excluding carboxylic acids is 1. The summed E-state index contributed by atoms with van der Waals surface area (Å²) in [5.74, 6) is 0.408. The Bertz CT molecular complexity index is 429. The van der Waals surface area contributed by atoms with Gasteiger partial charge in [-0.2, -0.15) is 5.26 Å². The molecule has 0 fully saturated rings. The van der Waals surface area contributed by atoms with Gasteiger partial charge in [-0.25, -0.2) is 0 Å². The van der Waals surface area contributed by atoms with E-state index < -0.39 is 0 Å². The number of anilines is 1. The summed E-state index contributed by atoms with van der Waals surface area (Å²) in [5, 5.41) is 19.9. The summed E-state index contributed by atoms with van der Waals surface area (Å²) in [6.07, 6.45) is 0. The van der Waals surface area contributed by atoms with Crippen molar-refractivity contribution in [3.63, 3.8) is 0 Å². The SMILES string of the molecule is CC(SCCO)C(=O)Nc1cccc(C#N)c1. The molecule has 0 heterocycles. The normalized spacial score (nSPS) is 11.6. The summed E-state index contributed by atoms with van der Waals surface area (Å²) in [6, 6.07) is 8.78. The van der Waals surface area contributed by atoms with Gasteiger partial charge < -0.3 is 10.4 Å². The van der Waals surface area contributed by atoms with E-state index in [2.05, 4.69) is 5.32 Å². The monoisotopic (exact) mass is 250 g/mol. The molecular formula is C12H14N2O2S. The Balaban J connectivity index is 2.58. The van der Waals surface area contributed by atoms with E-state index in [0.717, 1.165) is 0 Å². The van der Waals surface area contributed by atoms with Gasteiger partial charge in [0.05, 0.1) is 23.5 Å². The van der Waals surface area contributed by atoms with E-state index in [0.29, 0.717) is 17.0 Å². The molecule has 90 valence electrons. The molecule has 0 aliphatic carbocycles. The minimum Gasteiger partial charge on any atom is -0.396 e. The van der Waals surface area contributed by atoms with Crippen LogP contribution in [0.1, 0.15) is 12.5 Å². The van der Waals surface area contributed by atoms with Crippen LogP contribution in [-0.4, -0.2) is 28.6 Å². The quantitative estimate of drug-likeness (QED) is 0.832. The van der Waals surface area contributed by atoms with Gasteiger partial charge in [-0.05, 0) is 25.1 Å². The minimum absolute atomic E-state index is 0.0617. The number of carbonyl (C=O) groups is 1. The second kappa shape index (κ2) is 6.94. The molecule has 0 saturated heterocycles. The van der Waals surface area contributed by atoms with Gasteiger partial charge in [0.1, 0.15) is 0 Å². The number of benzene rings is 1. The molecule has 1 aromatic rings. The van der Waals surface area contributed by atoms with Gasteiger partial charge in [-0.1, -0.05) is 6.07 Å². The third-order valence-corrected chi connectivity index (χ3v) is 3.22. The van der Waals surface area contributed by atoms with Gasteiger partial charge in [0.25, 0.3) is 0 Å². The maximum atomic E-state index is 11.7. The zero-order valence-electron chi connectivity index (χ0n) is 9.51. The lowest BCUT2D eigenvalue weighted by Crippen LogP contribution is -2.23. The van der Waals surface area contributed by atoms with Crippen molar-refractivity contribution in [3.05, 3.63) is 29.8 Å². The number of thioether (sulfide) groups is 1. The van der Waals surface area contributed by atoms with Crippen LogP contribution in [0.5, 0.6) is 0 Å². The highest BCUT2D eigenvalue weighted by Gasteiger charge is 2.12. The van der Waals surface area contributed by atoms with Crippen LogP contribution < -0.4 is 5.32 Å². The lowest BCUT2D eigenvalue weighted by Gasteiger charge is -2.11. The number of rotatable bonds is 5. The Morgan fingerprint density at radius 1 is 1.65 bits per heavy atom. The van der Waals surface area contributed by atoms with E-state index in [1.807, 2.05) is 6.07 Å². The van der Waals surface area contributed by atoms with Crippen LogP contribution in [0.2, 0.25) is 0 Å². The summed E-state index contributed by atoms with van der Waals surface area (Å²) in [5.41, 5.74) is 1.13. The predicted octanol–water partition coefficient (Wildman–Crippen LogP) is 1.61. The standard InChI is InChI=1S/C12H14N2O2S/c1-9(17-6-5-15)12(16)14-11-4-2-3-10(7-11)8-13/h2-4,7,9,15H,5-6H2,1H3,(H,14,16). The van der Waals surface area contributed by atoms with E-state index in [1.54, 1.807) is 31.2 Å². The lowest BCUT2D eigenvalue weighted by molar-refractivity contribution is -0.115. The van der Waals surface area contributed by atoms with E-state index in [4.69, 9.17) is 10.4 Å². The van der Waals surface area contributed by atoms with Gasteiger partial charge in [-0.15, -0.1) is 11.8 Å². The van der Waals surface area contributed by atoms with Crippen molar-refractivity contribution >= 4 is 23.4 Å². The number of aliphatic hydroxyl groups is 1. The van der Waals surface area contributed by atoms with Crippen molar-refractivity contribution in [2.75, 3.05) is 17.7 Å². The maximum absolute atomic E-state index is 11.7. The minimum atomic E-state index is -0.229. The number of hydrogen-bond donors (Lipinski definition) is 2. The molecule has 1 rings (SSSR count). The smallest absolute Gasteiger partial charge is 0.237 e. The average Bonchev–Trinajstić information content (AvgIpc) is 2.36. The topological polar surface area (TPSA) is 73.1 Å². The molecule has 4 nitrogen and oxygen atoms in total. The first kappa shape index (κ1) is 13.6. The molecule has 0 aliphatic heterocycles. The Labute approximate surface area is 105 Å². The molecule has 0 aromatic heterocycles. The first-order chi connectivity index (χ1) is 8.17. The maximum Gasteiger partial charge on any atom is 0.237 e. The van der Waals surface area contributed by atoms with Gasteiger partial charge in [0.15, 0.2) is 0 Å². The highest BCUT2D eigenvalue weighted by Crippen LogP contribution is 2.14. The van der Waals surface area contributed by atoms with Crippen molar-refractivity contribution in [3.8, 4) is 6.07 Å². The molecule has 0 radical (unpaired) electrons. The molecule has 0 spiro atoms. The van der Waals surface area contributed by atoms with Crippen molar-refractivity contribution < 1.29 is 9.90 Å². The van der Waals surface area contributed by atoms with Gasteiger partial charge in [-0.3, -0.25) is 4.79 Å². The number of nitriles is 1. The van der Waals surface area contributed by atoms with Crippen LogP contribution in [0.3, 0.4) is 0 Å². The summed E-state index contributed by atoms with van der Waals surface area (Å²) in [4.78, 5) is 11.7. The fraction of sp³-hybridized carbons (Fsp3) is 0.333. The number of hydrogen-bond acceptors (Lipinski definition) is 4. The number of nitrogens with zero attached hydrogens (tertiary/aromatic N) is 1. The Hall–Kier alpha value is -1.51. The molecule has 2 N–H and O–H groups in total. The van der Waals surface area contributed by atoms with Crippen LogP contribution >= 0.6 is 11.8 Å². The predicted molar refractivity (Wildman–Crippen MR) is 68.8 cm³/mol. The largest absolute Gasteiger partial charge is 0.396 e. The van der Waals surface area contributed by atoms with Crippen molar-refractivity contribution in [1.82, 2.24) is 0 Å². The Morgan fingerprint density at radius 2 is 2.41 bits per heavy atom. The summed E-state index contributed by atoms with van der Waals surface area (Å²) < 4.78 is 0. The first-order valence-electron chi connectivity index (χ1n) is 5.21. The lowest BCUT2D eigenvalue weighted by atomic mass is 10.2. The molecule has 5 heteroatoms. The molecule has 17 heavy (non-hydrogen) atoms. The summed E-state index contributed by atoms with van der Waals surface area (Å²) in [7, 11) is 0. The third-order valence-electron chi connectivity index (χ3n) is 2.09. The Morgan fingerprint density at radius 3 is 3.06 bits per heavy atom. The van der Waals surface area contributed by atoms with E-state index >= 15 is 0 Å². The van der Waals surface area contributed by atoms with E-state index in [9.17, 15) is 4.79 Å². The number of aliphatic hydroxyl groups excluding tert-OH is 1. The van der Waals surface area contributed by atoms with Crippen molar-refractivity contribution in [1.29, 1.82) is 5.26 Å². The molecule has 0 bridgehead atoms. The molecular weight excluding hydrogens is 236 g/mol. The second-order valence-electron chi connectivity index (χ2n) is 3.42. The first-order valence-corrected chi connectivity index (χ1v) is 6.25. The van der Waals surface area contributed by atoms with Crippen LogP contribution in [0, 0.1) is 11.3 Å². The van der Waals surface area contributed by atoms with Gasteiger partial charge in [0, 0.05) is 11.4 Å². The highest BCUT2D eigenvalue weighted by atomic mass is 32.2. The third kappa shape index (κ3) is 4.47. The molecule has 1 aromatic carbocycles. The van der Waals surface area contributed by atoms with Crippen molar-refractivity contribution in [2.45, 2.75) is 12.2 Å². The van der Waals surface area contributed by atoms with Crippen LogP contribution in [0.15, 0.2) is 24.3 Å². The van der Waals surface area contributed by atoms with Crippen LogP contribution in [0.4, 0.5) is 5.69 Å². The van der Waals surface area contributed by atoms with Gasteiger partial charge >= 0.3 is 0 Å². The van der Waals surface area contributed by atoms with E-state index in [1.165, 1.54) is 11.8 Å². The molecule has 1 atom stereocenters. The number of amides is 1. The zero-order chi connectivity index (χ0) is 12.7. The van der Waals surface area contributed by atoms with E-state index in [-0.39, 0.29) is 17.8 Å². The summed E-state index contributed by atoms with van der Waals surface area (Å²) >= 11 is 1.39. The Kier molecular flexibility index (Phi) is 5.53. The van der Waals surface area contributed by atoms with Gasteiger partial charge in [0.2, 0.25) is 5.91 Å². The fourth-order valence-electron chi connectivity index (χ4n) is 1.22. The highest BCUT2D eigenvalue weighted by molar-refractivity contribution is 8.00. The summed E-state index contributed by atoms with van der Waals surface area (Å²) in [6.45, 7) is 1.84. The second-order valence-corrected chi connectivity index (χ2v) is 4.87. The molecule has 0 aliphatic rings.